The van der Waals surface area contributed by atoms with Crippen LogP contribution < -0.4 is 0 Å². The molecule has 1 spiro atoms. The lowest BCUT2D eigenvalue weighted by atomic mass is 9.64. The van der Waals surface area contributed by atoms with Crippen molar-refractivity contribution in [3.05, 3.63) is 209 Å². The van der Waals surface area contributed by atoms with E-state index in [0.717, 1.165) is 51.4 Å². The van der Waals surface area contributed by atoms with E-state index in [0.29, 0.717) is 5.92 Å². The number of fused-ring (bicyclic) bond motifs is 10. The molecule has 4 aliphatic carbocycles. The minimum absolute atomic E-state index is 0.0989. The Morgan fingerprint density at radius 2 is 1.45 bits per heavy atom. The SMILES string of the molecule is C=C/C(=C\N=C(\c1ccc(C(C)(C)C)cc1)C(C)C)C1=CC2C(C=C1)c1ccc(-c3cnc(C4=CCC(C(C)(C)C)C=C4)nc3)cc1C21c2ccccc2-c2ccccc21. The van der Waals surface area contributed by atoms with Crippen LogP contribution in [0, 0.1) is 23.2 Å². The fraction of sp³-hybridized carbons (Fsp3) is 0.281. The number of rotatable bonds is 7. The van der Waals surface area contributed by atoms with E-state index in [4.69, 9.17) is 15.0 Å². The van der Waals surface area contributed by atoms with Crippen molar-refractivity contribution in [2.24, 2.45) is 28.2 Å². The number of benzene rings is 4. The van der Waals surface area contributed by atoms with Gasteiger partial charge in [0.25, 0.3) is 0 Å². The largest absolute Gasteiger partial charge is 0.260 e. The molecule has 0 saturated heterocycles. The Morgan fingerprint density at radius 1 is 0.783 bits per heavy atom. The molecule has 4 aromatic carbocycles. The number of aromatic nitrogens is 2. The molecule has 3 atom stereocenters. The summed E-state index contributed by atoms with van der Waals surface area (Å²) in [4.78, 5) is 15.1. The van der Waals surface area contributed by atoms with Crippen molar-refractivity contribution in [3.8, 4) is 22.3 Å². The van der Waals surface area contributed by atoms with Crippen molar-refractivity contribution in [1.29, 1.82) is 0 Å². The average molecular weight is 784 g/mol. The van der Waals surface area contributed by atoms with Crippen LogP contribution in [-0.2, 0) is 10.8 Å². The molecule has 0 N–H and O–H groups in total. The van der Waals surface area contributed by atoms with Crippen molar-refractivity contribution in [2.75, 3.05) is 0 Å². The molecule has 0 fully saturated rings. The Labute approximate surface area is 357 Å². The second-order valence-corrected chi connectivity index (χ2v) is 19.5. The smallest absolute Gasteiger partial charge is 0.158 e. The standard InChI is InChI=1S/C57H57N3/c1-10-37(33-58-53(36(2)3)38-19-25-43(26-20-38)55(4,5)6)40-23-29-47-48-30-24-41(42-34-59-54(60-35-42)39-21-27-44(28-22-39)56(7,8)9)32-52(48)57(51(47)31-40)49-17-13-11-15-45(49)46-16-12-14-18-50(46)57/h10-27,29-36,44,47,51H,1,28H2,2-9H3/b37-33+,58-53+. The van der Waals surface area contributed by atoms with E-state index in [1.807, 2.05) is 24.7 Å². The van der Waals surface area contributed by atoms with Gasteiger partial charge in [0, 0.05) is 41.6 Å². The van der Waals surface area contributed by atoms with Gasteiger partial charge in [-0.25, -0.2) is 9.97 Å². The van der Waals surface area contributed by atoms with Gasteiger partial charge in [-0.15, -0.1) is 0 Å². The van der Waals surface area contributed by atoms with E-state index in [2.05, 4.69) is 189 Å². The summed E-state index contributed by atoms with van der Waals surface area (Å²) in [6.45, 7) is 22.4. The maximum atomic E-state index is 5.20. The summed E-state index contributed by atoms with van der Waals surface area (Å²) in [6, 6.07) is 34.1. The lowest BCUT2D eigenvalue weighted by Crippen LogP contribution is -2.33. The van der Waals surface area contributed by atoms with E-state index in [1.54, 1.807) is 0 Å². The first kappa shape index (κ1) is 39.5. The predicted molar refractivity (Wildman–Crippen MR) is 252 cm³/mol. The third-order valence-electron chi connectivity index (χ3n) is 13.5. The molecule has 9 rings (SSSR count). The lowest BCUT2D eigenvalue weighted by Gasteiger charge is -2.37. The van der Waals surface area contributed by atoms with Gasteiger partial charge >= 0.3 is 0 Å². The van der Waals surface area contributed by atoms with Crippen LogP contribution in [0.25, 0.3) is 27.8 Å². The van der Waals surface area contributed by atoms with Crippen molar-refractivity contribution in [2.45, 2.75) is 78.6 Å². The Hall–Kier alpha value is -5.93. The van der Waals surface area contributed by atoms with Gasteiger partial charge in [-0.2, -0.15) is 0 Å². The van der Waals surface area contributed by atoms with Gasteiger partial charge in [0.15, 0.2) is 5.82 Å². The molecule has 3 nitrogen and oxygen atoms in total. The highest BCUT2D eigenvalue weighted by Crippen LogP contribution is 2.66. The Balaban J connectivity index is 1.13. The average Bonchev–Trinajstić information content (AvgIpc) is 3.71. The molecule has 3 unspecified atom stereocenters. The van der Waals surface area contributed by atoms with Gasteiger partial charge in [-0.1, -0.05) is 189 Å². The third-order valence-corrected chi connectivity index (χ3v) is 13.5. The number of hydrogen-bond donors (Lipinski definition) is 0. The van der Waals surface area contributed by atoms with Crippen LogP contribution in [0.15, 0.2) is 175 Å². The summed E-state index contributed by atoms with van der Waals surface area (Å²) in [7, 11) is 0. The second-order valence-electron chi connectivity index (χ2n) is 19.5. The normalized spacial score (nSPS) is 20.4. The van der Waals surface area contributed by atoms with E-state index in [9.17, 15) is 0 Å². The molecule has 3 heteroatoms. The first-order valence-corrected chi connectivity index (χ1v) is 21.8. The molecule has 0 aliphatic heterocycles. The van der Waals surface area contributed by atoms with Crippen molar-refractivity contribution in [3.63, 3.8) is 0 Å². The Morgan fingerprint density at radius 3 is 2.03 bits per heavy atom. The van der Waals surface area contributed by atoms with Gasteiger partial charge < -0.3 is 0 Å². The van der Waals surface area contributed by atoms with Crippen LogP contribution in [0.3, 0.4) is 0 Å². The van der Waals surface area contributed by atoms with Gasteiger partial charge in [0.1, 0.15) is 0 Å². The summed E-state index contributed by atoms with van der Waals surface area (Å²) < 4.78 is 0. The second kappa shape index (κ2) is 15.0. The first-order valence-electron chi connectivity index (χ1n) is 21.8. The molecule has 0 saturated carbocycles. The summed E-state index contributed by atoms with van der Waals surface area (Å²) in [5, 5.41) is 0. The van der Waals surface area contributed by atoms with Crippen LogP contribution in [0.4, 0.5) is 0 Å². The van der Waals surface area contributed by atoms with Crippen molar-refractivity contribution >= 4 is 11.3 Å². The zero-order chi connectivity index (χ0) is 42.0. The maximum Gasteiger partial charge on any atom is 0.158 e. The van der Waals surface area contributed by atoms with Gasteiger partial charge in [-0.3, -0.25) is 4.99 Å². The Bertz CT molecular complexity index is 2630. The van der Waals surface area contributed by atoms with Crippen molar-refractivity contribution in [1.82, 2.24) is 9.97 Å². The highest BCUT2D eigenvalue weighted by atomic mass is 14.9. The van der Waals surface area contributed by atoms with Crippen LogP contribution in [0.1, 0.15) is 107 Å². The summed E-state index contributed by atoms with van der Waals surface area (Å²) in [6.07, 6.45) is 23.1. The first-order chi connectivity index (χ1) is 28.8. The summed E-state index contributed by atoms with van der Waals surface area (Å²) in [5.41, 5.74) is 17.0. The molecule has 0 amide bonds. The molecule has 300 valence electrons. The number of allylic oxidation sites excluding steroid dienone is 10. The van der Waals surface area contributed by atoms with Crippen LogP contribution in [0.5, 0.6) is 0 Å². The zero-order valence-electron chi connectivity index (χ0n) is 36.5. The summed E-state index contributed by atoms with van der Waals surface area (Å²) in [5.74, 6) is 1.88. The zero-order valence-corrected chi connectivity index (χ0v) is 36.5. The topological polar surface area (TPSA) is 38.1 Å². The molecule has 0 radical (unpaired) electrons. The van der Waals surface area contributed by atoms with Crippen LogP contribution in [-0.4, -0.2) is 15.7 Å². The lowest BCUT2D eigenvalue weighted by molar-refractivity contribution is 0.294. The fourth-order valence-corrected chi connectivity index (χ4v) is 10.2. The quantitative estimate of drug-likeness (QED) is 0.122. The Kier molecular flexibility index (Phi) is 9.86. The molecule has 60 heavy (non-hydrogen) atoms. The molecular formula is C57H57N3. The van der Waals surface area contributed by atoms with E-state index in [1.165, 1.54) is 38.9 Å². The van der Waals surface area contributed by atoms with Crippen molar-refractivity contribution < 1.29 is 0 Å². The molecule has 5 aromatic rings. The van der Waals surface area contributed by atoms with Gasteiger partial charge in [0.2, 0.25) is 0 Å². The van der Waals surface area contributed by atoms with Gasteiger partial charge in [-0.05, 0) is 96.4 Å². The van der Waals surface area contributed by atoms with Crippen LogP contribution >= 0.6 is 0 Å². The molecule has 1 heterocycles. The highest BCUT2D eigenvalue weighted by molar-refractivity contribution is 6.02. The van der Waals surface area contributed by atoms with E-state index < -0.39 is 5.41 Å². The minimum atomic E-state index is -0.394. The third kappa shape index (κ3) is 6.63. The highest BCUT2D eigenvalue weighted by Gasteiger charge is 2.57. The number of hydrogen-bond acceptors (Lipinski definition) is 3. The summed E-state index contributed by atoms with van der Waals surface area (Å²) >= 11 is 0. The van der Waals surface area contributed by atoms with Crippen LogP contribution in [0.2, 0.25) is 0 Å². The van der Waals surface area contributed by atoms with E-state index in [-0.39, 0.29) is 28.6 Å². The predicted octanol–water partition coefficient (Wildman–Crippen LogP) is 14.2. The fourth-order valence-electron chi connectivity index (χ4n) is 10.2. The maximum absolute atomic E-state index is 5.20. The number of aliphatic imine (C=N–C) groups is 1. The van der Waals surface area contributed by atoms with E-state index >= 15 is 0 Å². The monoisotopic (exact) mass is 783 g/mol. The van der Waals surface area contributed by atoms with Gasteiger partial charge in [0.05, 0.1) is 11.1 Å². The molecule has 1 aromatic heterocycles. The number of nitrogens with zero attached hydrogens (tertiary/aromatic N) is 3. The molecule has 4 aliphatic rings. The molecular weight excluding hydrogens is 727 g/mol. The minimum Gasteiger partial charge on any atom is -0.260 e. The molecule has 0 bridgehead atoms.